The van der Waals surface area contributed by atoms with Crippen LogP contribution in [0, 0.1) is 28.6 Å². The maximum Gasteiger partial charge on any atom is 0.164 e. The summed E-state index contributed by atoms with van der Waals surface area (Å²) in [6, 6.07) is 39.0. The van der Waals surface area contributed by atoms with Gasteiger partial charge in [0.1, 0.15) is 0 Å². The number of rotatable bonds is 5. The summed E-state index contributed by atoms with van der Waals surface area (Å²) in [5, 5.41) is 11.2. The maximum absolute atomic E-state index is 9.35. The molecule has 1 unspecified atom stereocenters. The molecular weight excluding hydrogens is 625 g/mol. The normalized spacial score (nSPS) is 20.7. The van der Waals surface area contributed by atoms with Crippen molar-refractivity contribution < 1.29 is 0 Å². The van der Waals surface area contributed by atoms with Gasteiger partial charge >= 0.3 is 0 Å². The summed E-state index contributed by atoms with van der Waals surface area (Å²) in [6.07, 6.45) is 7.10. The molecule has 0 radical (unpaired) electrons. The zero-order valence-corrected chi connectivity index (χ0v) is 29.1. The number of hydrogen-bond acceptors (Lipinski definition) is 6. The van der Waals surface area contributed by atoms with E-state index in [1.165, 1.54) is 31.2 Å². The van der Waals surface area contributed by atoms with Gasteiger partial charge in [0.25, 0.3) is 0 Å². The number of benzene rings is 4. The average molecular weight is 663 g/mol. The first-order chi connectivity index (χ1) is 24.8. The Morgan fingerprint density at radius 3 is 1.96 bits per heavy atom. The van der Waals surface area contributed by atoms with E-state index < -0.39 is 0 Å². The molecule has 3 aromatic heterocycles. The first-order valence-corrected chi connectivity index (χ1v) is 17.9. The van der Waals surface area contributed by atoms with E-state index in [9.17, 15) is 5.26 Å². The van der Waals surface area contributed by atoms with Crippen LogP contribution in [-0.4, -0.2) is 24.9 Å². The molecule has 51 heavy (non-hydrogen) atoms. The molecule has 6 nitrogen and oxygen atoms in total. The first-order valence-electron chi connectivity index (χ1n) is 17.9. The molecule has 7 aromatic rings. The van der Waals surface area contributed by atoms with Gasteiger partial charge in [-0.05, 0) is 96.4 Å². The number of aromatic nitrogens is 5. The summed E-state index contributed by atoms with van der Waals surface area (Å²) >= 11 is 0. The molecule has 0 saturated heterocycles. The molecule has 0 aliphatic heterocycles. The molecule has 2 bridgehead atoms. The van der Waals surface area contributed by atoms with E-state index in [2.05, 4.69) is 75.4 Å². The minimum absolute atomic E-state index is 0.225. The lowest BCUT2D eigenvalue weighted by Crippen LogP contribution is -2.40. The minimum Gasteiger partial charge on any atom is -0.254 e. The van der Waals surface area contributed by atoms with Crippen molar-refractivity contribution in [1.29, 1.82) is 5.26 Å². The van der Waals surface area contributed by atoms with Crippen molar-refractivity contribution >= 4 is 21.8 Å². The van der Waals surface area contributed by atoms with Gasteiger partial charge in [0.15, 0.2) is 17.5 Å². The van der Waals surface area contributed by atoms with E-state index in [0.717, 1.165) is 61.6 Å². The van der Waals surface area contributed by atoms with Gasteiger partial charge in [-0.2, -0.15) is 5.26 Å². The summed E-state index contributed by atoms with van der Waals surface area (Å²) in [6.45, 7) is 7.46. The standard InChI is InChI=1S/C45H38N6/c1-44(2)34-20-21-35(44)26-45(3,25-34)33-18-15-29(16-19-33)38-22-17-32-24-37(36-10-7-23-47-40(36)39(32)48-38)43-50-41(30-8-5-4-6-9-30)49-42(51-43)31-13-11-28(27-46)12-14-31/h4-19,22-24,34-35H,20-21,25-26H2,1-3H3/t34-,35+,45?. The van der Waals surface area contributed by atoms with Crippen LogP contribution < -0.4 is 0 Å². The fourth-order valence-electron chi connectivity index (χ4n) is 8.86. The van der Waals surface area contributed by atoms with Crippen LogP contribution in [0.4, 0.5) is 0 Å². The Hall–Kier alpha value is -5.80. The van der Waals surface area contributed by atoms with E-state index in [0.29, 0.717) is 28.5 Å². The fourth-order valence-corrected chi connectivity index (χ4v) is 8.86. The number of pyridine rings is 2. The smallest absolute Gasteiger partial charge is 0.164 e. The summed E-state index contributed by atoms with van der Waals surface area (Å²) < 4.78 is 0. The van der Waals surface area contributed by atoms with Crippen LogP contribution in [0.1, 0.15) is 57.6 Å². The van der Waals surface area contributed by atoms with Gasteiger partial charge in [-0.3, -0.25) is 4.98 Å². The van der Waals surface area contributed by atoms with Crippen molar-refractivity contribution in [3.05, 3.63) is 127 Å². The van der Waals surface area contributed by atoms with Crippen molar-refractivity contribution in [2.75, 3.05) is 0 Å². The van der Waals surface area contributed by atoms with Crippen molar-refractivity contribution in [2.45, 2.75) is 51.9 Å². The molecule has 0 spiro atoms. The minimum atomic E-state index is 0.225. The zero-order chi connectivity index (χ0) is 34.7. The zero-order valence-electron chi connectivity index (χ0n) is 29.1. The fraction of sp³-hybridized carbons (Fsp3) is 0.244. The number of nitrogens with zero attached hydrogens (tertiary/aromatic N) is 6. The third kappa shape index (κ3) is 5.36. The highest BCUT2D eigenvalue weighted by molar-refractivity contribution is 6.10. The summed E-state index contributed by atoms with van der Waals surface area (Å²) in [7, 11) is 0. The third-order valence-electron chi connectivity index (χ3n) is 12.0. The predicted octanol–water partition coefficient (Wildman–Crippen LogP) is 10.6. The molecule has 3 atom stereocenters. The lowest BCUT2D eigenvalue weighted by Gasteiger charge is -2.47. The topological polar surface area (TPSA) is 88.2 Å². The Morgan fingerprint density at radius 2 is 1.27 bits per heavy atom. The molecule has 3 heterocycles. The second-order valence-corrected chi connectivity index (χ2v) is 15.3. The van der Waals surface area contributed by atoms with Gasteiger partial charge in [-0.25, -0.2) is 19.9 Å². The number of fused-ring (bicyclic) bond motifs is 5. The van der Waals surface area contributed by atoms with Crippen LogP contribution in [0.3, 0.4) is 0 Å². The van der Waals surface area contributed by atoms with Crippen molar-refractivity contribution in [1.82, 2.24) is 24.9 Å². The highest BCUT2D eigenvalue weighted by Crippen LogP contribution is 2.60. The summed E-state index contributed by atoms with van der Waals surface area (Å²) in [4.78, 5) is 25.0. The van der Waals surface area contributed by atoms with Gasteiger partial charge in [-0.1, -0.05) is 87.5 Å². The molecule has 0 amide bonds. The van der Waals surface area contributed by atoms with Gasteiger partial charge in [0.05, 0.1) is 28.4 Å². The van der Waals surface area contributed by atoms with Crippen molar-refractivity contribution in [2.24, 2.45) is 17.3 Å². The van der Waals surface area contributed by atoms with Crippen molar-refractivity contribution in [3.8, 4) is 51.5 Å². The van der Waals surface area contributed by atoms with E-state index in [1.807, 2.05) is 54.7 Å². The highest BCUT2D eigenvalue weighted by Gasteiger charge is 2.52. The molecule has 2 fully saturated rings. The number of nitriles is 1. The van der Waals surface area contributed by atoms with Crippen LogP contribution in [0.5, 0.6) is 0 Å². The quantitative estimate of drug-likeness (QED) is 0.170. The lowest BCUT2D eigenvalue weighted by atomic mass is 9.57. The SMILES string of the molecule is CC1(c2ccc(-c3ccc4cc(-c5nc(-c6ccccc6)nc(-c6ccc(C#N)cc6)n5)c5cccnc5c4n3)cc2)C[C@H]2CC[C@@H](C1)C2(C)C. The second kappa shape index (κ2) is 11.9. The molecule has 4 aromatic carbocycles. The monoisotopic (exact) mass is 662 g/mol. The maximum atomic E-state index is 9.35. The van der Waals surface area contributed by atoms with E-state index in [-0.39, 0.29) is 5.41 Å². The Labute approximate surface area is 298 Å². The molecule has 2 aliphatic rings. The first kappa shape index (κ1) is 31.2. The van der Waals surface area contributed by atoms with Crippen LogP contribution >= 0.6 is 0 Å². The average Bonchev–Trinajstić information content (AvgIpc) is 3.31. The summed E-state index contributed by atoms with van der Waals surface area (Å²) in [5.41, 5.74) is 8.97. The molecule has 0 N–H and O–H groups in total. The molecule has 2 saturated carbocycles. The van der Waals surface area contributed by atoms with Crippen LogP contribution in [0.15, 0.2) is 115 Å². The summed E-state index contributed by atoms with van der Waals surface area (Å²) in [5.74, 6) is 3.27. The van der Waals surface area contributed by atoms with Crippen LogP contribution in [-0.2, 0) is 5.41 Å². The molecule has 9 rings (SSSR count). The predicted molar refractivity (Wildman–Crippen MR) is 203 cm³/mol. The molecule has 2 aliphatic carbocycles. The third-order valence-corrected chi connectivity index (χ3v) is 12.0. The van der Waals surface area contributed by atoms with Crippen molar-refractivity contribution in [3.63, 3.8) is 0 Å². The Morgan fingerprint density at radius 1 is 0.627 bits per heavy atom. The molecule has 6 heteroatoms. The Kier molecular flexibility index (Phi) is 7.29. The number of hydrogen-bond donors (Lipinski definition) is 0. The van der Waals surface area contributed by atoms with Crippen LogP contribution in [0.2, 0.25) is 0 Å². The Balaban J connectivity index is 1.12. The largest absolute Gasteiger partial charge is 0.254 e. The van der Waals surface area contributed by atoms with E-state index in [4.69, 9.17) is 24.9 Å². The van der Waals surface area contributed by atoms with Gasteiger partial charge in [-0.15, -0.1) is 0 Å². The molecule has 248 valence electrons. The van der Waals surface area contributed by atoms with Crippen LogP contribution in [0.25, 0.3) is 67.2 Å². The molecular formula is C45H38N6. The van der Waals surface area contributed by atoms with Gasteiger partial charge in [0.2, 0.25) is 0 Å². The Bertz CT molecular complexity index is 2460. The van der Waals surface area contributed by atoms with E-state index >= 15 is 0 Å². The van der Waals surface area contributed by atoms with E-state index in [1.54, 1.807) is 12.1 Å². The highest BCUT2D eigenvalue weighted by atomic mass is 15.0. The lowest BCUT2D eigenvalue weighted by molar-refractivity contribution is 0.0724. The second-order valence-electron chi connectivity index (χ2n) is 15.3. The van der Waals surface area contributed by atoms with Gasteiger partial charge in [0, 0.05) is 39.2 Å². The van der Waals surface area contributed by atoms with Gasteiger partial charge < -0.3 is 0 Å².